The minimum atomic E-state index is -0.249. The first-order valence-electron chi connectivity index (χ1n) is 5.48. The van der Waals surface area contributed by atoms with E-state index in [0.717, 1.165) is 12.8 Å². The minimum Gasteiger partial charge on any atom is -0.347 e. The Labute approximate surface area is 104 Å². The lowest BCUT2D eigenvalue weighted by molar-refractivity contribution is -0.125. The van der Waals surface area contributed by atoms with E-state index in [9.17, 15) is 9.59 Å². The molecule has 1 aliphatic rings. The summed E-state index contributed by atoms with van der Waals surface area (Å²) in [4.78, 5) is 22.8. The highest BCUT2D eigenvalue weighted by Crippen LogP contribution is 2.28. The molecule has 0 atom stereocenters. The number of carbonyl (C=O) groups is 2. The van der Waals surface area contributed by atoms with Crippen LogP contribution in [0.25, 0.3) is 0 Å². The van der Waals surface area contributed by atoms with Crippen LogP contribution in [-0.4, -0.2) is 18.4 Å². The third-order valence-corrected chi connectivity index (χ3v) is 2.71. The summed E-state index contributed by atoms with van der Waals surface area (Å²) >= 11 is 5.78. The van der Waals surface area contributed by atoms with Crippen molar-refractivity contribution in [1.82, 2.24) is 5.32 Å². The molecule has 0 radical (unpaired) electrons. The normalized spacial score (nSPS) is 14.2. The Hall–Kier alpha value is -1.55. The van der Waals surface area contributed by atoms with Gasteiger partial charge in [-0.25, -0.2) is 0 Å². The number of halogens is 1. The summed E-state index contributed by atoms with van der Waals surface area (Å²) in [6.45, 7) is 0.00183. The number of rotatable bonds is 4. The number of hydrogen-bond acceptors (Lipinski definition) is 2. The number of amides is 2. The number of nitrogens with one attached hydrogen (secondary N) is 2. The third kappa shape index (κ3) is 3.75. The van der Waals surface area contributed by atoms with Crippen LogP contribution in [0.1, 0.15) is 12.8 Å². The number of benzene rings is 1. The van der Waals surface area contributed by atoms with Gasteiger partial charge in [0.15, 0.2) is 0 Å². The predicted molar refractivity (Wildman–Crippen MR) is 65.8 cm³/mol. The molecule has 0 spiro atoms. The molecular formula is C12H13ClN2O2. The Morgan fingerprint density at radius 3 is 2.76 bits per heavy atom. The second kappa shape index (κ2) is 5.19. The van der Waals surface area contributed by atoms with Crippen molar-refractivity contribution in [3.8, 4) is 0 Å². The van der Waals surface area contributed by atoms with Crippen molar-refractivity contribution in [3.63, 3.8) is 0 Å². The molecule has 17 heavy (non-hydrogen) atoms. The van der Waals surface area contributed by atoms with E-state index < -0.39 is 0 Å². The lowest BCUT2D eigenvalue weighted by Gasteiger charge is -2.06. The van der Waals surface area contributed by atoms with Gasteiger partial charge in [0, 0.05) is 16.6 Å². The predicted octanol–water partition coefficient (Wildman–Crippen LogP) is 1.80. The van der Waals surface area contributed by atoms with Gasteiger partial charge in [-0.1, -0.05) is 17.7 Å². The van der Waals surface area contributed by atoms with Crippen LogP contribution in [0, 0.1) is 5.92 Å². The Morgan fingerprint density at radius 2 is 2.12 bits per heavy atom. The van der Waals surface area contributed by atoms with E-state index in [0.29, 0.717) is 10.7 Å². The molecule has 1 aromatic carbocycles. The average molecular weight is 253 g/mol. The highest BCUT2D eigenvalue weighted by molar-refractivity contribution is 6.30. The van der Waals surface area contributed by atoms with Gasteiger partial charge in [-0.3, -0.25) is 9.59 Å². The molecule has 5 heteroatoms. The Kier molecular flexibility index (Phi) is 3.64. The molecule has 0 saturated heterocycles. The summed E-state index contributed by atoms with van der Waals surface area (Å²) in [5.74, 6) is -0.165. The zero-order valence-corrected chi connectivity index (χ0v) is 9.96. The monoisotopic (exact) mass is 252 g/mol. The van der Waals surface area contributed by atoms with E-state index in [4.69, 9.17) is 11.6 Å². The molecule has 0 bridgehead atoms. The molecule has 1 fully saturated rings. The minimum absolute atomic E-state index is 0.00183. The highest BCUT2D eigenvalue weighted by Gasteiger charge is 2.29. The molecule has 1 aromatic rings. The molecule has 0 aromatic heterocycles. The van der Waals surface area contributed by atoms with Crippen molar-refractivity contribution in [2.45, 2.75) is 12.8 Å². The van der Waals surface area contributed by atoms with Crippen molar-refractivity contribution in [1.29, 1.82) is 0 Å². The van der Waals surface area contributed by atoms with Crippen molar-refractivity contribution < 1.29 is 9.59 Å². The highest BCUT2D eigenvalue weighted by atomic mass is 35.5. The maximum Gasteiger partial charge on any atom is 0.243 e. The van der Waals surface area contributed by atoms with Crippen LogP contribution in [0.3, 0.4) is 0 Å². The van der Waals surface area contributed by atoms with Gasteiger partial charge in [-0.05, 0) is 31.0 Å². The SMILES string of the molecule is O=C(CNC(=O)C1CC1)Nc1cccc(Cl)c1. The van der Waals surface area contributed by atoms with Crippen LogP contribution in [0.15, 0.2) is 24.3 Å². The van der Waals surface area contributed by atoms with Crippen molar-refractivity contribution in [2.24, 2.45) is 5.92 Å². The fourth-order valence-electron chi connectivity index (χ4n) is 1.43. The van der Waals surface area contributed by atoms with Gasteiger partial charge in [0.1, 0.15) is 0 Å². The zero-order valence-electron chi connectivity index (χ0n) is 9.20. The van der Waals surface area contributed by atoms with Gasteiger partial charge in [0.2, 0.25) is 11.8 Å². The van der Waals surface area contributed by atoms with E-state index >= 15 is 0 Å². The lowest BCUT2D eigenvalue weighted by atomic mass is 10.3. The van der Waals surface area contributed by atoms with Crippen LogP contribution in [0.4, 0.5) is 5.69 Å². The maximum atomic E-state index is 11.5. The fraction of sp³-hybridized carbons (Fsp3) is 0.333. The molecule has 90 valence electrons. The lowest BCUT2D eigenvalue weighted by Crippen LogP contribution is -2.33. The molecule has 0 aliphatic heterocycles. The number of carbonyl (C=O) groups excluding carboxylic acids is 2. The van der Waals surface area contributed by atoms with E-state index in [2.05, 4.69) is 10.6 Å². The standard InChI is InChI=1S/C12H13ClN2O2/c13-9-2-1-3-10(6-9)15-11(16)7-14-12(17)8-4-5-8/h1-3,6,8H,4-5,7H2,(H,14,17)(H,15,16). The third-order valence-electron chi connectivity index (χ3n) is 2.48. The van der Waals surface area contributed by atoms with Gasteiger partial charge >= 0.3 is 0 Å². The Balaban J connectivity index is 1.78. The average Bonchev–Trinajstić information content (AvgIpc) is 3.09. The van der Waals surface area contributed by atoms with Gasteiger partial charge < -0.3 is 10.6 Å². The van der Waals surface area contributed by atoms with Gasteiger partial charge in [-0.15, -0.1) is 0 Å². The van der Waals surface area contributed by atoms with E-state index in [1.165, 1.54) is 0 Å². The van der Waals surface area contributed by atoms with Crippen LogP contribution in [0.2, 0.25) is 5.02 Å². The van der Waals surface area contributed by atoms with Crippen molar-refractivity contribution in [2.75, 3.05) is 11.9 Å². The van der Waals surface area contributed by atoms with Crippen molar-refractivity contribution in [3.05, 3.63) is 29.3 Å². The summed E-state index contributed by atoms with van der Waals surface area (Å²) in [7, 11) is 0. The van der Waals surface area contributed by atoms with E-state index in [-0.39, 0.29) is 24.3 Å². The zero-order chi connectivity index (χ0) is 12.3. The van der Waals surface area contributed by atoms with Crippen LogP contribution < -0.4 is 10.6 Å². The summed E-state index contributed by atoms with van der Waals surface area (Å²) in [5, 5.41) is 5.81. The molecule has 1 aliphatic carbocycles. The summed E-state index contributed by atoms with van der Waals surface area (Å²) in [5.41, 5.74) is 0.628. The summed E-state index contributed by atoms with van der Waals surface area (Å²) < 4.78 is 0. The van der Waals surface area contributed by atoms with Crippen molar-refractivity contribution >= 4 is 29.1 Å². The Morgan fingerprint density at radius 1 is 1.35 bits per heavy atom. The molecule has 2 rings (SSSR count). The molecule has 0 unspecified atom stereocenters. The van der Waals surface area contributed by atoms with Crippen LogP contribution in [0.5, 0.6) is 0 Å². The van der Waals surface area contributed by atoms with E-state index in [1.54, 1.807) is 24.3 Å². The molecule has 0 heterocycles. The fourth-order valence-corrected chi connectivity index (χ4v) is 1.62. The molecular weight excluding hydrogens is 240 g/mol. The molecule has 2 N–H and O–H groups in total. The Bertz CT molecular complexity index is 444. The maximum absolute atomic E-state index is 11.5. The smallest absolute Gasteiger partial charge is 0.243 e. The summed E-state index contributed by atoms with van der Waals surface area (Å²) in [6.07, 6.45) is 1.86. The van der Waals surface area contributed by atoms with Gasteiger partial charge in [-0.2, -0.15) is 0 Å². The second-order valence-electron chi connectivity index (χ2n) is 4.05. The van der Waals surface area contributed by atoms with Gasteiger partial charge in [0.25, 0.3) is 0 Å². The number of anilines is 1. The first kappa shape index (κ1) is 11.9. The molecule has 4 nitrogen and oxygen atoms in total. The quantitative estimate of drug-likeness (QED) is 0.859. The van der Waals surface area contributed by atoms with Crippen LogP contribution in [-0.2, 0) is 9.59 Å². The first-order valence-corrected chi connectivity index (χ1v) is 5.86. The molecule has 2 amide bonds. The van der Waals surface area contributed by atoms with E-state index in [1.807, 2.05) is 0 Å². The van der Waals surface area contributed by atoms with Gasteiger partial charge in [0.05, 0.1) is 6.54 Å². The largest absolute Gasteiger partial charge is 0.347 e. The number of hydrogen-bond donors (Lipinski definition) is 2. The second-order valence-corrected chi connectivity index (χ2v) is 4.49. The first-order chi connectivity index (χ1) is 8.15. The molecule has 1 saturated carbocycles. The topological polar surface area (TPSA) is 58.2 Å². The summed E-state index contributed by atoms with van der Waals surface area (Å²) in [6, 6.07) is 6.88. The van der Waals surface area contributed by atoms with Crippen LogP contribution >= 0.6 is 11.6 Å².